The Labute approximate surface area is 173 Å². The lowest BCUT2D eigenvalue weighted by Gasteiger charge is -2.23. The van der Waals surface area contributed by atoms with Crippen LogP contribution in [0.4, 0.5) is 5.82 Å². The second-order valence-corrected chi connectivity index (χ2v) is 9.53. The van der Waals surface area contributed by atoms with Crippen LogP contribution in [0.15, 0.2) is 36.7 Å². The number of aromatic nitrogens is 4. The molecule has 1 N–H and O–H groups in total. The molecule has 0 aromatic carbocycles. The normalized spacial score (nSPS) is 12.3. The van der Waals surface area contributed by atoms with E-state index in [-0.39, 0.29) is 16.9 Å². The summed E-state index contributed by atoms with van der Waals surface area (Å²) in [6, 6.07) is 7.77. The molecule has 0 fully saturated rings. The number of aryl methyl sites for hydroxylation is 1. The molecule has 154 valence electrons. The molecule has 0 radical (unpaired) electrons. The van der Waals surface area contributed by atoms with E-state index in [9.17, 15) is 4.79 Å². The lowest BCUT2D eigenvalue weighted by atomic mass is 9.92. The Hall–Kier alpha value is -2.89. The predicted molar refractivity (Wildman–Crippen MR) is 117 cm³/mol. The average molecular weight is 394 g/mol. The van der Waals surface area contributed by atoms with Gasteiger partial charge in [-0.3, -0.25) is 9.78 Å². The number of pyridine rings is 1. The van der Waals surface area contributed by atoms with Gasteiger partial charge in [0.1, 0.15) is 5.82 Å². The third-order valence-corrected chi connectivity index (χ3v) is 4.93. The van der Waals surface area contributed by atoms with Crippen molar-refractivity contribution in [1.82, 2.24) is 19.3 Å². The largest absolute Gasteiger partial charge is 0.316 e. The maximum absolute atomic E-state index is 13.2. The lowest BCUT2D eigenvalue weighted by molar-refractivity contribution is 0.102. The topological polar surface area (TPSA) is 64.7 Å². The summed E-state index contributed by atoms with van der Waals surface area (Å²) in [5.74, 6) is 0.567. The molecule has 0 aliphatic rings. The van der Waals surface area contributed by atoms with Crippen LogP contribution in [0.2, 0.25) is 0 Å². The summed E-state index contributed by atoms with van der Waals surface area (Å²) in [5, 5.41) is 7.87. The van der Waals surface area contributed by atoms with Gasteiger partial charge < -0.3 is 9.88 Å². The molecule has 3 aromatic heterocycles. The van der Waals surface area contributed by atoms with E-state index in [0.717, 1.165) is 22.8 Å². The van der Waals surface area contributed by atoms with Gasteiger partial charge >= 0.3 is 0 Å². The summed E-state index contributed by atoms with van der Waals surface area (Å²) in [6.07, 6.45) is 3.54. The van der Waals surface area contributed by atoms with Crippen molar-refractivity contribution >= 4 is 11.7 Å². The van der Waals surface area contributed by atoms with Crippen molar-refractivity contribution in [2.45, 2.75) is 66.3 Å². The van der Waals surface area contributed by atoms with Gasteiger partial charge in [-0.2, -0.15) is 5.10 Å². The van der Waals surface area contributed by atoms with E-state index >= 15 is 0 Å². The van der Waals surface area contributed by atoms with E-state index in [2.05, 4.69) is 51.8 Å². The van der Waals surface area contributed by atoms with Crippen LogP contribution in [0.1, 0.15) is 69.0 Å². The van der Waals surface area contributed by atoms with Crippen LogP contribution in [0, 0.1) is 13.8 Å². The molecule has 1 amide bonds. The molecule has 29 heavy (non-hydrogen) atoms. The van der Waals surface area contributed by atoms with Crippen LogP contribution in [-0.2, 0) is 11.0 Å². The first-order valence-corrected chi connectivity index (χ1v) is 9.91. The van der Waals surface area contributed by atoms with Crippen molar-refractivity contribution in [3.8, 4) is 5.69 Å². The minimum atomic E-state index is -0.251. The molecule has 3 aromatic rings. The Bertz CT molecular complexity index is 1030. The molecule has 3 heterocycles. The molecule has 0 aliphatic heterocycles. The summed E-state index contributed by atoms with van der Waals surface area (Å²) in [5.41, 5.74) is 4.04. The minimum absolute atomic E-state index is 0.105. The van der Waals surface area contributed by atoms with Crippen LogP contribution in [0.3, 0.4) is 0 Å². The fourth-order valence-electron chi connectivity index (χ4n) is 3.41. The number of anilines is 1. The lowest BCUT2D eigenvalue weighted by Crippen LogP contribution is -2.27. The van der Waals surface area contributed by atoms with E-state index < -0.39 is 0 Å². The molecular formula is C23H31N5O. The zero-order chi connectivity index (χ0) is 21.6. The smallest absolute Gasteiger partial charge is 0.258 e. The Kier molecular flexibility index (Phi) is 5.15. The zero-order valence-electron chi connectivity index (χ0n) is 18.7. The second-order valence-electron chi connectivity index (χ2n) is 9.53. The van der Waals surface area contributed by atoms with Gasteiger partial charge in [-0.1, -0.05) is 20.8 Å². The standard InChI is InChI=1S/C23H31N5O/c1-15-12-18(16(2)27(15)17-10-9-11-24-14-17)21(29)25-20-13-19(22(3,4)5)26-28(20)23(6,7)8/h9-14H,1-8H3,(H,25,29). The van der Waals surface area contributed by atoms with Gasteiger partial charge in [0.25, 0.3) is 5.91 Å². The highest BCUT2D eigenvalue weighted by Crippen LogP contribution is 2.29. The maximum Gasteiger partial charge on any atom is 0.258 e. The van der Waals surface area contributed by atoms with Crippen LogP contribution in [0.5, 0.6) is 0 Å². The molecule has 6 nitrogen and oxygen atoms in total. The van der Waals surface area contributed by atoms with Crippen molar-refractivity contribution in [2.75, 3.05) is 5.32 Å². The molecule has 0 aliphatic carbocycles. The number of nitrogens with zero attached hydrogens (tertiary/aromatic N) is 4. The number of hydrogen-bond acceptors (Lipinski definition) is 3. The fourth-order valence-corrected chi connectivity index (χ4v) is 3.41. The van der Waals surface area contributed by atoms with Crippen LogP contribution in [0.25, 0.3) is 5.69 Å². The highest BCUT2D eigenvalue weighted by molar-refractivity contribution is 6.05. The highest BCUT2D eigenvalue weighted by Gasteiger charge is 2.26. The summed E-state index contributed by atoms with van der Waals surface area (Å²) in [6.45, 7) is 16.5. The molecule has 0 bridgehead atoms. The summed E-state index contributed by atoms with van der Waals surface area (Å²) < 4.78 is 3.94. The average Bonchev–Trinajstić information content (AvgIpc) is 3.16. The van der Waals surface area contributed by atoms with Gasteiger partial charge in [0.15, 0.2) is 0 Å². The van der Waals surface area contributed by atoms with Gasteiger partial charge in [-0.05, 0) is 52.8 Å². The number of amides is 1. The number of nitrogens with one attached hydrogen (secondary N) is 1. The molecule has 0 saturated carbocycles. The van der Waals surface area contributed by atoms with Crippen molar-refractivity contribution in [2.24, 2.45) is 0 Å². The molecular weight excluding hydrogens is 362 g/mol. The Morgan fingerprint density at radius 2 is 1.76 bits per heavy atom. The predicted octanol–water partition coefficient (Wildman–Crippen LogP) is 4.99. The van der Waals surface area contributed by atoms with Crippen LogP contribution < -0.4 is 5.32 Å². The number of carbonyl (C=O) groups is 1. The first-order valence-electron chi connectivity index (χ1n) is 9.91. The molecule has 0 unspecified atom stereocenters. The third-order valence-electron chi connectivity index (χ3n) is 4.93. The van der Waals surface area contributed by atoms with Crippen molar-refractivity contribution < 1.29 is 4.79 Å². The summed E-state index contributed by atoms with van der Waals surface area (Å²) >= 11 is 0. The van der Waals surface area contributed by atoms with Gasteiger partial charge in [0.05, 0.1) is 28.7 Å². The fraction of sp³-hybridized carbons (Fsp3) is 0.435. The second kappa shape index (κ2) is 7.17. The zero-order valence-corrected chi connectivity index (χ0v) is 18.7. The van der Waals surface area contributed by atoms with Gasteiger partial charge in [-0.25, -0.2) is 4.68 Å². The van der Waals surface area contributed by atoms with Crippen LogP contribution >= 0.6 is 0 Å². The van der Waals surface area contributed by atoms with Gasteiger partial charge in [0.2, 0.25) is 0 Å². The van der Waals surface area contributed by atoms with Gasteiger partial charge in [0, 0.05) is 29.1 Å². The first-order chi connectivity index (χ1) is 13.4. The molecule has 0 atom stereocenters. The number of hydrogen-bond donors (Lipinski definition) is 1. The molecule has 3 rings (SSSR count). The van der Waals surface area contributed by atoms with E-state index in [1.807, 2.05) is 47.4 Å². The third kappa shape index (κ3) is 4.11. The SMILES string of the molecule is Cc1cc(C(=O)Nc2cc(C(C)(C)C)nn2C(C)(C)C)c(C)n1-c1cccnc1. The number of carbonyl (C=O) groups excluding carboxylic acids is 1. The molecule has 6 heteroatoms. The first kappa shape index (κ1) is 20.8. The Morgan fingerprint density at radius 1 is 1.07 bits per heavy atom. The van der Waals surface area contributed by atoms with Gasteiger partial charge in [-0.15, -0.1) is 0 Å². The summed E-state index contributed by atoms with van der Waals surface area (Å²) in [7, 11) is 0. The number of rotatable bonds is 3. The Morgan fingerprint density at radius 3 is 2.31 bits per heavy atom. The quantitative estimate of drug-likeness (QED) is 0.682. The molecule has 0 saturated heterocycles. The van der Waals surface area contributed by atoms with Crippen LogP contribution in [-0.4, -0.2) is 25.2 Å². The monoisotopic (exact) mass is 393 g/mol. The van der Waals surface area contributed by atoms with Crippen molar-refractivity contribution in [1.29, 1.82) is 0 Å². The van der Waals surface area contributed by atoms with E-state index in [1.165, 1.54) is 0 Å². The van der Waals surface area contributed by atoms with E-state index in [4.69, 9.17) is 5.10 Å². The Balaban J connectivity index is 1.99. The van der Waals surface area contributed by atoms with E-state index in [1.54, 1.807) is 12.4 Å². The summed E-state index contributed by atoms with van der Waals surface area (Å²) in [4.78, 5) is 17.4. The maximum atomic E-state index is 13.2. The van der Waals surface area contributed by atoms with Crippen molar-refractivity contribution in [3.05, 3.63) is 59.3 Å². The highest BCUT2D eigenvalue weighted by atomic mass is 16.1. The molecule has 0 spiro atoms. The van der Waals surface area contributed by atoms with E-state index in [0.29, 0.717) is 11.4 Å². The minimum Gasteiger partial charge on any atom is -0.316 e. The van der Waals surface area contributed by atoms with Crippen molar-refractivity contribution in [3.63, 3.8) is 0 Å².